The number of nitrogens with zero attached hydrogens (tertiary/aromatic N) is 2. The van der Waals surface area contributed by atoms with Gasteiger partial charge < -0.3 is 14.5 Å². The van der Waals surface area contributed by atoms with Crippen molar-refractivity contribution in [2.75, 3.05) is 33.3 Å². The van der Waals surface area contributed by atoms with Crippen molar-refractivity contribution >= 4 is 11.8 Å². The Balaban J connectivity index is 1.46. The van der Waals surface area contributed by atoms with Gasteiger partial charge in [-0.1, -0.05) is 0 Å². The third-order valence-corrected chi connectivity index (χ3v) is 5.18. The van der Waals surface area contributed by atoms with Gasteiger partial charge >= 0.3 is 0 Å². The van der Waals surface area contributed by atoms with E-state index in [0.29, 0.717) is 44.3 Å². The van der Waals surface area contributed by atoms with Crippen LogP contribution in [0.2, 0.25) is 0 Å². The summed E-state index contributed by atoms with van der Waals surface area (Å²) >= 11 is 0. The molecule has 0 spiro atoms. The molecular formula is C22H23F3N2O3. The van der Waals surface area contributed by atoms with Crippen molar-refractivity contribution in [3.8, 4) is 5.75 Å². The maximum atomic E-state index is 13.8. The molecule has 0 atom stereocenters. The quantitative estimate of drug-likeness (QED) is 0.719. The van der Waals surface area contributed by atoms with Crippen LogP contribution in [0.5, 0.6) is 5.75 Å². The standard InChI is InChI=1S/C22H23F3N2O3/c1-26(12-13-30-18-5-2-16(23)3-6-18)21(28)15-8-10-27(11-9-15)22(29)19-7-4-17(24)14-20(19)25/h2-7,14-15H,8-13H2,1H3. The summed E-state index contributed by atoms with van der Waals surface area (Å²) in [5.74, 6) is -2.22. The van der Waals surface area contributed by atoms with Gasteiger partial charge in [-0.2, -0.15) is 0 Å². The van der Waals surface area contributed by atoms with Crippen molar-refractivity contribution in [1.82, 2.24) is 9.80 Å². The summed E-state index contributed by atoms with van der Waals surface area (Å²) in [5.41, 5.74) is -0.170. The number of rotatable bonds is 6. The first kappa shape index (κ1) is 21.7. The molecule has 0 unspecified atom stereocenters. The molecule has 1 aliphatic rings. The molecule has 160 valence electrons. The number of amides is 2. The van der Waals surface area contributed by atoms with E-state index < -0.39 is 17.5 Å². The number of halogens is 3. The predicted octanol–water partition coefficient (Wildman–Crippen LogP) is 3.49. The van der Waals surface area contributed by atoms with Crippen LogP contribution < -0.4 is 4.74 Å². The Kier molecular flexibility index (Phi) is 6.97. The molecule has 1 saturated heterocycles. The monoisotopic (exact) mass is 420 g/mol. The SMILES string of the molecule is CN(CCOc1ccc(F)cc1)C(=O)C1CCN(C(=O)c2ccc(F)cc2F)CC1. The van der Waals surface area contributed by atoms with Crippen LogP contribution in [0.4, 0.5) is 13.2 Å². The fraction of sp³-hybridized carbons (Fsp3) is 0.364. The number of ether oxygens (including phenoxy) is 1. The van der Waals surface area contributed by atoms with E-state index in [1.807, 2.05) is 0 Å². The van der Waals surface area contributed by atoms with Crippen LogP contribution in [0.3, 0.4) is 0 Å². The summed E-state index contributed by atoms with van der Waals surface area (Å²) in [5, 5.41) is 0. The van der Waals surface area contributed by atoms with E-state index in [0.717, 1.165) is 12.1 Å². The molecule has 8 heteroatoms. The summed E-state index contributed by atoms with van der Waals surface area (Å²) in [6.07, 6.45) is 0.938. The summed E-state index contributed by atoms with van der Waals surface area (Å²) < 4.78 is 45.3. The molecule has 2 amide bonds. The Morgan fingerprint density at radius 2 is 1.67 bits per heavy atom. The molecule has 1 heterocycles. The normalized spacial score (nSPS) is 14.5. The first-order valence-electron chi connectivity index (χ1n) is 9.73. The van der Waals surface area contributed by atoms with Crippen LogP contribution in [0, 0.1) is 23.4 Å². The summed E-state index contributed by atoms with van der Waals surface area (Å²) in [6, 6.07) is 8.52. The second-order valence-electron chi connectivity index (χ2n) is 7.25. The molecule has 0 bridgehead atoms. The lowest BCUT2D eigenvalue weighted by molar-refractivity contribution is -0.135. The van der Waals surface area contributed by atoms with E-state index in [-0.39, 0.29) is 29.8 Å². The lowest BCUT2D eigenvalue weighted by Gasteiger charge is -2.33. The highest BCUT2D eigenvalue weighted by Gasteiger charge is 2.30. The minimum absolute atomic E-state index is 0.0437. The van der Waals surface area contributed by atoms with Crippen molar-refractivity contribution in [3.63, 3.8) is 0 Å². The average molecular weight is 420 g/mol. The van der Waals surface area contributed by atoms with Gasteiger partial charge in [-0.05, 0) is 49.2 Å². The third kappa shape index (κ3) is 5.31. The highest BCUT2D eigenvalue weighted by atomic mass is 19.1. The zero-order valence-electron chi connectivity index (χ0n) is 16.6. The molecule has 2 aromatic rings. The minimum Gasteiger partial charge on any atom is -0.492 e. The van der Waals surface area contributed by atoms with Gasteiger partial charge in [0.25, 0.3) is 5.91 Å². The maximum absolute atomic E-state index is 13.8. The topological polar surface area (TPSA) is 49.9 Å². The number of benzene rings is 2. The Morgan fingerprint density at radius 3 is 2.30 bits per heavy atom. The van der Waals surface area contributed by atoms with E-state index in [2.05, 4.69) is 0 Å². The molecule has 1 fully saturated rings. The maximum Gasteiger partial charge on any atom is 0.256 e. The number of likely N-dealkylation sites (N-methyl/N-ethyl adjacent to an activating group) is 1. The Hall–Kier alpha value is -3.03. The lowest BCUT2D eigenvalue weighted by atomic mass is 9.95. The fourth-order valence-corrected chi connectivity index (χ4v) is 3.42. The van der Waals surface area contributed by atoms with E-state index in [9.17, 15) is 22.8 Å². The number of carbonyl (C=O) groups is 2. The van der Waals surface area contributed by atoms with Gasteiger partial charge in [0.05, 0.1) is 12.1 Å². The van der Waals surface area contributed by atoms with Gasteiger partial charge in [0.1, 0.15) is 29.8 Å². The number of piperidine rings is 1. The van der Waals surface area contributed by atoms with Crippen molar-refractivity contribution in [2.45, 2.75) is 12.8 Å². The predicted molar refractivity (Wildman–Crippen MR) is 105 cm³/mol. The van der Waals surface area contributed by atoms with Gasteiger partial charge in [0.2, 0.25) is 5.91 Å². The van der Waals surface area contributed by atoms with E-state index in [4.69, 9.17) is 4.74 Å². The van der Waals surface area contributed by atoms with Crippen molar-refractivity contribution in [3.05, 3.63) is 65.5 Å². The molecule has 0 radical (unpaired) electrons. The Bertz CT molecular complexity index is 897. The first-order valence-corrected chi connectivity index (χ1v) is 9.73. The zero-order chi connectivity index (χ0) is 21.7. The average Bonchev–Trinajstić information content (AvgIpc) is 2.74. The van der Waals surface area contributed by atoms with E-state index >= 15 is 0 Å². The molecule has 5 nitrogen and oxygen atoms in total. The fourth-order valence-electron chi connectivity index (χ4n) is 3.42. The van der Waals surface area contributed by atoms with E-state index in [1.165, 1.54) is 29.2 Å². The Morgan fingerprint density at radius 1 is 1.03 bits per heavy atom. The highest BCUT2D eigenvalue weighted by Crippen LogP contribution is 2.22. The number of carbonyl (C=O) groups excluding carboxylic acids is 2. The van der Waals surface area contributed by atoms with Crippen molar-refractivity contribution in [1.29, 1.82) is 0 Å². The van der Waals surface area contributed by atoms with Crippen LogP contribution in [-0.2, 0) is 4.79 Å². The van der Waals surface area contributed by atoms with Gasteiger partial charge in [-0.3, -0.25) is 9.59 Å². The van der Waals surface area contributed by atoms with Crippen molar-refractivity contribution < 1.29 is 27.5 Å². The molecule has 0 aliphatic carbocycles. The van der Waals surface area contributed by atoms with Gasteiger partial charge in [0.15, 0.2) is 0 Å². The third-order valence-electron chi connectivity index (χ3n) is 5.18. The van der Waals surface area contributed by atoms with Crippen LogP contribution in [0.25, 0.3) is 0 Å². The molecule has 0 aromatic heterocycles. The minimum atomic E-state index is -0.890. The van der Waals surface area contributed by atoms with Crippen LogP contribution >= 0.6 is 0 Å². The molecule has 1 aliphatic heterocycles. The number of hydrogen-bond acceptors (Lipinski definition) is 3. The van der Waals surface area contributed by atoms with Gasteiger partial charge in [0, 0.05) is 32.1 Å². The van der Waals surface area contributed by atoms with Crippen LogP contribution in [0.1, 0.15) is 23.2 Å². The second kappa shape index (κ2) is 9.65. The number of hydrogen-bond donors (Lipinski definition) is 0. The largest absolute Gasteiger partial charge is 0.492 e. The summed E-state index contributed by atoms with van der Waals surface area (Å²) in [6.45, 7) is 1.29. The van der Waals surface area contributed by atoms with Gasteiger partial charge in [-0.25, -0.2) is 13.2 Å². The summed E-state index contributed by atoms with van der Waals surface area (Å²) in [4.78, 5) is 28.2. The zero-order valence-corrected chi connectivity index (χ0v) is 16.6. The van der Waals surface area contributed by atoms with Crippen LogP contribution in [0.15, 0.2) is 42.5 Å². The smallest absolute Gasteiger partial charge is 0.256 e. The molecule has 3 rings (SSSR count). The van der Waals surface area contributed by atoms with Crippen LogP contribution in [-0.4, -0.2) is 54.9 Å². The Labute approximate surface area is 173 Å². The highest BCUT2D eigenvalue weighted by molar-refractivity contribution is 5.94. The lowest BCUT2D eigenvalue weighted by Crippen LogP contribution is -2.44. The molecule has 0 saturated carbocycles. The second-order valence-corrected chi connectivity index (χ2v) is 7.25. The molecular weight excluding hydrogens is 397 g/mol. The van der Waals surface area contributed by atoms with Crippen molar-refractivity contribution in [2.24, 2.45) is 5.92 Å². The molecule has 30 heavy (non-hydrogen) atoms. The summed E-state index contributed by atoms with van der Waals surface area (Å²) in [7, 11) is 1.68. The molecule has 0 N–H and O–H groups in total. The first-order chi connectivity index (χ1) is 14.3. The number of likely N-dealkylation sites (tertiary alicyclic amines) is 1. The van der Waals surface area contributed by atoms with E-state index in [1.54, 1.807) is 11.9 Å². The molecule has 2 aromatic carbocycles. The van der Waals surface area contributed by atoms with Gasteiger partial charge in [-0.15, -0.1) is 0 Å².